The summed E-state index contributed by atoms with van der Waals surface area (Å²) in [6, 6.07) is 0. The average Bonchev–Trinajstić information content (AvgIpc) is 2.45. The van der Waals surface area contributed by atoms with E-state index in [-0.39, 0.29) is 161 Å². The summed E-state index contributed by atoms with van der Waals surface area (Å²) in [6.07, 6.45) is 11.9. The largest absolute Gasteiger partial charge is 1.00 e. The van der Waals surface area contributed by atoms with Crippen molar-refractivity contribution in [3.8, 4) is 0 Å². The van der Waals surface area contributed by atoms with Crippen molar-refractivity contribution in [3.63, 3.8) is 0 Å². The fourth-order valence-corrected chi connectivity index (χ4v) is 4.47. The molecule has 0 aliphatic heterocycles. The fourth-order valence-electron chi connectivity index (χ4n) is 2.85. The van der Waals surface area contributed by atoms with Crippen LogP contribution in [0.25, 0.3) is 0 Å². The summed E-state index contributed by atoms with van der Waals surface area (Å²) in [5.74, 6) is 0. The van der Waals surface area contributed by atoms with Gasteiger partial charge in [-0.2, -0.15) is 0 Å². The standard InChI is InChI=1S/C16H37NO6P2.3K/c1-2-3-4-5-6-7-8-9-10-11-12-13-14-17(15-24(18,19)20)16-25(21,22)23;;;/h2-16H2,1H3,(H2,18,19,20)(H2,21,22,23);;;/q;3*+1/p-4. The topological polar surface area (TPSA) is 130 Å². The quantitative estimate of drug-likeness (QED) is 0.107. The normalized spacial score (nSPS) is 11.5. The molecule has 152 valence electrons. The van der Waals surface area contributed by atoms with Crippen molar-refractivity contribution in [2.45, 2.75) is 84.0 Å². The van der Waals surface area contributed by atoms with Crippen LogP contribution < -0.4 is 174 Å². The SMILES string of the molecule is CCCCCCCCCCCCCCN(CP(=O)([O-])[O-])CP(=O)([O-])[O-].[K+].[K+].[K+]. The van der Waals surface area contributed by atoms with Gasteiger partial charge in [-0.1, -0.05) is 92.7 Å². The molecule has 0 aliphatic rings. The van der Waals surface area contributed by atoms with E-state index >= 15 is 0 Å². The molecule has 0 aromatic rings. The number of rotatable bonds is 17. The van der Waals surface area contributed by atoms with E-state index in [4.69, 9.17) is 0 Å². The Morgan fingerprint density at radius 2 is 0.857 bits per heavy atom. The van der Waals surface area contributed by atoms with Gasteiger partial charge in [0.1, 0.15) is 0 Å². The minimum atomic E-state index is -4.87. The second-order valence-electron chi connectivity index (χ2n) is 6.79. The predicted octanol–water partition coefficient (Wildman–Crippen LogP) is -7.26. The summed E-state index contributed by atoms with van der Waals surface area (Å²) >= 11 is 0. The number of unbranched alkanes of at least 4 members (excludes halogenated alkanes) is 11. The first-order valence-corrected chi connectivity index (χ1v) is 12.8. The average molecular weight is 515 g/mol. The second-order valence-corrected chi connectivity index (χ2v) is 9.80. The molecular weight excluding hydrogens is 481 g/mol. The van der Waals surface area contributed by atoms with Gasteiger partial charge in [0.15, 0.2) is 0 Å². The van der Waals surface area contributed by atoms with Crippen LogP contribution >= 0.6 is 15.2 Å². The van der Waals surface area contributed by atoms with E-state index in [1.807, 2.05) is 0 Å². The van der Waals surface area contributed by atoms with Crippen LogP contribution in [-0.4, -0.2) is 24.0 Å². The molecule has 0 radical (unpaired) electrons. The van der Waals surface area contributed by atoms with E-state index in [0.29, 0.717) is 6.42 Å². The van der Waals surface area contributed by atoms with Gasteiger partial charge in [-0.3, -0.25) is 4.90 Å². The van der Waals surface area contributed by atoms with Crippen LogP contribution in [0.4, 0.5) is 0 Å². The van der Waals surface area contributed by atoms with Gasteiger partial charge in [0.05, 0.1) is 0 Å². The van der Waals surface area contributed by atoms with Crippen molar-refractivity contribution < 1.29 is 183 Å². The van der Waals surface area contributed by atoms with Gasteiger partial charge in [0.25, 0.3) is 0 Å². The van der Waals surface area contributed by atoms with Crippen LogP contribution in [0.5, 0.6) is 0 Å². The molecule has 12 heteroatoms. The minimum absolute atomic E-state index is 0. The Kier molecular flexibility index (Phi) is 36.4. The molecule has 0 atom stereocenters. The van der Waals surface area contributed by atoms with Gasteiger partial charge >= 0.3 is 154 Å². The first-order chi connectivity index (χ1) is 11.6. The molecule has 28 heavy (non-hydrogen) atoms. The third-order valence-electron chi connectivity index (χ3n) is 4.07. The molecule has 0 fully saturated rings. The van der Waals surface area contributed by atoms with Crippen LogP contribution in [0.3, 0.4) is 0 Å². The molecule has 0 N–H and O–H groups in total. The summed E-state index contributed by atoms with van der Waals surface area (Å²) < 4.78 is 21.6. The molecule has 0 heterocycles. The third-order valence-corrected chi connectivity index (χ3v) is 5.57. The zero-order chi connectivity index (χ0) is 19.2. The maximum Gasteiger partial charge on any atom is 1.00 e. The Hall–Kier alpha value is 5.17. The second kappa shape index (κ2) is 25.3. The third kappa shape index (κ3) is 33.3. The molecular formula is C16H33K3NO6P2-. The fraction of sp³-hybridized carbons (Fsp3) is 1.00. The first kappa shape index (κ1) is 40.3. The molecule has 0 aromatic carbocycles. The first-order valence-electron chi connectivity index (χ1n) is 9.38. The monoisotopic (exact) mass is 514 g/mol. The van der Waals surface area contributed by atoms with Gasteiger partial charge in [-0.25, -0.2) is 0 Å². The maximum atomic E-state index is 10.8. The molecule has 0 rings (SSSR count). The Morgan fingerprint density at radius 3 is 1.14 bits per heavy atom. The minimum Gasteiger partial charge on any atom is -0.810 e. The predicted molar refractivity (Wildman–Crippen MR) is 92.7 cm³/mol. The summed E-state index contributed by atoms with van der Waals surface area (Å²) in [4.78, 5) is 44.1. The van der Waals surface area contributed by atoms with Crippen molar-refractivity contribution in [1.29, 1.82) is 0 Å². The smallest absolute Gasteiger partial charge is 0.810 e. The zero-order valence-electron chi connectivity index (χ0n) is 18.4. The zero-order valence-corrected chi connectivity index (χ0v) is 29.6. The molecule has 0 aromatic heterocycles. The van der Waals surface area contributed by atoms with Crippen LogP contribution in [-0.2, 0) is 9.13 Å². The Bertz CT molecular complexity index is 399. The summed E-state index contributed by atoms with van der Waals surface area (Å²) in [6.45, 7) is 2.35. The van der Waals surface area contributed by atoms with Crippen molar-refractivity contribution >= 4 is 15.2 Å². The van der Waals surface area contributed by atoms with E-state index in [0.717, 1.165) is 24.2 Å². The van der Waals surface area contributed by atoms with Crippen LogP contribution in [0.2, 0.25) is 0 Å². The van der Waals surface area contributed by atoms with Gasteiger partial charge in [0, 0.05) is 12.6 Å². The molecule has 0 spiro atoms. The molecule has 0 aliphatic carbocycles. The molecule has 7 nitrogen and oxygen atoms in total. The molecule has 0 unspecified atom stereocenters. The summed E-state index contributed by atoms with van der Waals surface area (Å²) in [5, 5.41) is 0. The van der Waals surface area contributed by atoms with Gasteiger partial charge < -0.3 is 28.7 Å². The molecule has 0 amide bonds. The number of hydrogen-bond donors (Lipinski definition) is 0. The van der Waals surface area contributed by atoms with Crippen LogP contribution in [0.1, 0.15) is 84.0 Å². The van der Waals surface area contributed by atoms with E-state index in [1.165, 1.54) is 51.4 Å². The maximum absolute atomic E-state index is 10.8. The van der Waals surface area contributed by atoms with E-state index < -0.39 is 27.8 Å². The number of nitrogens with zero attached hydrogens (tertiary/aromatic N) is 1. The summed E-state index contributed by atoms with van der Waals surface area (Å²) in [5.41, 5.74) is 0. The molecule has 0 saturated heterocycles. The van der Waals surface area contributed by atoms with Gasteiger partial charge in [-0.15, -0.1) is 0 Å². The van der Waals surface area contributed by atoms with Crippen molar-refractivity contribution in [3.05, 3.63) is 0 Å². The number of hydrogen-bond acceptors (Lipinski definition) is 7. The van der Waals surface area contributed by atoms with Crippen LogP contribution in [0.15, 0.2) is 0 Å². The Morgan fingerprint density at radius 1 is 0.571 bits per heavy atom. The van der Waals surface area contributed by atoms with Crippen molar-refractivity contribution in [2.24, 2.45) is 0 Å². The Balaban J connectivity index is -0.000000960. The van der Waals surface area contributed by atoms with E-state index in [2.05, 4.69) is 6.92 Å². The summed E-state index contributed by atoms with van der Waals surface area (Å²) in [7, 11) is -9.73. The molecule has 0 bridgehead atoms. The Labute approximate surface area is 299 Å². The van der Waals surface area contributed by atoms with E-state index in [9.17, 15) is 28.7 Å². The molecule has 0 saturated carbocycles. The van der Waals surface area contributed by atoms with Gasteiger partial charge in [0.2, 0.25) is 0 Å². The van der Waals surface area contributed by atoms with Crippen molar-refractivity contribution in [2.75, 3.05) is 19.1 Å². The van der Waals surface area contributed by atoms with Crippen molar-refractivity contribution in [1.82, 2.24) is 4.90 Å². The van der Waals surface area contributed by atoms with E-state index in [1.54, 1.807) is 0 Å². The van der Waals surface area contributed by atoms with Crippen LogP contribution in [0, 0.1) is 0 Å². The van der Waals surface area contributed by atoms with Gasteiger partial charge in [-0.05, 0) is 13.0 Å².